The van der Waals surface area contributed by atoms with Gasteiger partial charge in [-0.15, -0.1) is 12.4 Å². The number of carbonyl (C=O) groups is 1. The summed E-state index contributed by atoms with van der Waals surface area (Å²) in [5, 5.41) is 11.1. The number of benzene rings is 1. The molecule has 7 heteroatoms. The number of halogens is 1. The van der Waals surface area contributed by atoms with Gasteiger partial charge in [-0.3, -0.25) is 14.7 Å². The zero-order valence-corrected chi connectivity index (χ0v) is 15.8. The van der Waals surface area contributed by atoms with Crippen molar-refractivity contribution in [3.8, 4) is 17.1 Å². The van der Waals surface area contributed by atoms with Crippen LogP contribution in [0.4, 0.5) is 0 Å². The van der Waals surface area contributed by atoms with Crippen molar-refractivity contribution in [1.29, 1.82) is 0 Å². The van der Waals surface area contributed by atoms with Gasteiger partial charge in [0.2, 0.25) is 5.91 Å². The van der Waals surface area contributed by atoms with Gasteiger partial charge in [0.1, 0.15) is 0 Å². The highest BCUT2D eigenvalue weighted by Gasteiger charge is 2.16. The molecule has 0 spiro atoms. The van der Waals surface area contributed by atoms with Crippen LogP contribution in [0.5, 0.6) is 5.88 Å². The number of H-pyrrole nitrogens is 1. The number of rotatable bonds is 4. The number of nitrogens with one attached hydrogen (secondary N) is 1. The molecule has 0 unspecified atom stereocenters. The van der Waals surface area contributed by atoms with Crippen molar-refractivity contribution in [1.82, 2.24) is 14.9 Å². The third-order valence-electron chi connectivity index (χ3n) is 5.00. The van der Waals surface area contributed by atoms with Crippen LogP contribution in [-0.2, 0) is 6.54 Å². The van der Waals surface area contributed by atoms with Gasteiger partial charge in [-0.1, -0.05) is 12.5 Å². The van der Waals surface area contributed by atoms with E-state index in [9.17, 15) is 9.90 Å². The second kappa shape index (κ2) is 7.98. The Labute approximate surface area is 163 Å². The summed E-state index contributed by atoms with van der Waals surface area (Å²) in [6, 6.07) is 9.03. The molecule has 142 valence electrons. The Bertz CT molecular complexity index is 947. The molecule has 1 aliphatic rings. The van der Waals surface area contributed by atoms with Gasteiger partial charge in [0, 0.05) is 29.2 Å². The number of pyridine rings is 1. The molecule has 3 aromatic rings. The minimum Gasteiger partial charge on any atom is -0.494 e. The molecule has 27 heavy (non-hydrogen) atoms. The minimum atomic E-state index is -0.497. The van der Waals surface area contributed by atoms with Crippen LogP contribution < -0.4 is 5.73 Å². The summed E-state index contributed by atoms with van der Waals surface area (Å²) in [5.41, 5.74) is 8.93. The van der Waals surface area contributed by atoms with Crippen molar-refractivity contribution in [3.05, 3.63) is 47.7 Å². The Morgan fingerprint density at radius 2 is 1.96 bits per heavy atom. The molecule has 0 atom stereocenters. The lowest BCUT2D eigenvalue weighted by molar-refractivity contribution is 0.100. The lowest BCUT2D eigenvalue weighted by atomic mass is 10.1. The summed E-state index contributed by atoms with van der Waals surface area (Å²) in [6.07, 6.45) is 5.70. The van der Waals surface area contributed by atoms with Crippen LogP contribution in [0.15, 0.2) is 36.5 Å². The Balaban J connectivity index is 0.00000210. The Morgan fingerprint density at radius 1 is 1.19 bits per heavy atom. The summed E-state index contributed by atoms with van der Waals surface area (Å²) in [4.78, 5) is 21.4. The first kappa shape index (κ1) is 19.2. The normalized spacial score (nSPS) is 14.8. The van der Waals surface area contributed by atoms with E-state index in [0.29, 0.717) is 16.8 Å². The van der Waals surface area contributed by atoms with Crippen LogP contribution in [-0.4, -0.2) is 39.0 Å². The molecular weight excluding hydrogens is 364 g/mol. The van der Waals surface area contributed by atoms with Crippen LogP contribution in [0.2, 0.25) is 0 Å². The van der Waals surface area contributed by atoms with Crippen molar-refractivity contribution in [2.75, 3.05) is 13.1 Å². The predicted octanol–water partition coefficient (Wildman–Crippen LogP) is 3.44. The van der Waals surface area contributed by atoms with Gasteiger partial charge in [0.25, 0.3) is 0 Å². The highest BCUT2D eigenvalue weighted by Crippen LogP contribution is 2.36. The number of piperidine rings is 1. The zero-order valence-electron chi connectivity index (χ0n) is 14.9. The fourth-order valence-corrected chi connectivity index (χ4v) is 3.63. The molecule has 6 nitrogen and oxygen atoms in total. The van der Waals surface area contributed by atoms with E-state index in [4.69, 9.17) is 5.73 Å². The zero-order chi connectivity index (χ0) is 18.1. The molecule has 0 aliphatic carbocycles. The molecule has 1 aliphatic heterocycles. The van der Waals surface area contributed by atoms with Crippen LogP contribution >= 0.6 is 12.4 Å². The second-order valence-electron chi connectivity index (χ2n) is 6.86. The largest absolute Gasteiger partial charge is 0.494 e. The van der Waals surface area contributed by atoms with Crippen molar-refractivity contribution in [2.24, 2.45) is 5.73 Å². The molecule has 2 aromatic heterocycles. The maximum atomic E-state index is 11.5. The van der Waals surface area contributed by atoms with Crippen molar-refractivity contribution >= 4 is 29.2 Å². The molecule has 1 fully saturated rings. The van der Waals surface area contributed by atoms with Gasteiger partial charge in [-0.2, -0.15) is 0 Å². The lowest BCUT2D eigenvalue weighted by Gasteiger charge is -2.26. The fourth-order valence-electron chi connectivity index (χ4n) is 3.63. The molecule has 3 heterocycles. The van der Waals surface area contributed by atoms with E-state index in [1.807, 2.05) is 18.3 Å². The lowest BCUT2D eigenvalue weighted by Crippen LogP contribution is -2.29. The number of amides is 1. The Morgan fingerprint density at radius 3 is 2.63 bits per heavy atom. The number of nitrogens with two attached hydrogens (primary N) is 1. The molecule has 4 rings (SSSR count). The van der Waals surface area contributed by atoms with Crippen molar-refractivity contribution < 1.29 is 9.90 Å². The van der Waals surface area contributed by atoms with Gasteiger partial charge < -0.3 is 15.8 Å². The van der Waals surface area contributed by atoms with E-state index in [1.54, 1.807) is 18.2 Å². The third kappa shape index (κ3) is 3.91. The first-order valence-corrected chi connectivity index (χ1v) is 8.94. The number of fused-ring (bicyclic) bond motifs is 1. The summed E-state index contributed by atoms with van der Waals surface area (Å²) in [7, 11) is 0. The average Bonchev–Trinajstić information content (AvgIpc) is 2.98. The number of likely N-dealkylation sites (tertiary alicyclic amines) is 1. The molecule has 0 bridgehead atoms. The number of aromatic amines is 1. The SMILES string of the molecule is Cl.NC(=O)c1ccc2[nH]c(O)c(-c3ccc(CN4CCCCC4)cn3)c2c1. The third-order valence-corrected chi connectivity index (χ3v) is 5.00. The van der Waals surface area contributed by atoms with E-state index < -0.39 is 5.91 Å². The molecule has 1 aromatic carbocycles. The number of primary amides is 1. The summed E-state index contributed by atoms with van der Waals surface area (Å²) >= 11 is 0. The van der Waals surface area contributed by atoms with E-state index in [1.165, 1.54) is 19.3 Å². The maximum absolute atomic E-state index is 11.5. The minimum absolute atomic E-state index is 0. The summed E-state index contributed by atoms with van der Waals surface area (Å²) < 4.78 is 0. The van der Waals surface area contributed by atoms with Crippen LogP contribution in [0.1, 0.15) is 35.2 Å². The van der Waals surface area contributed by atoms with Gasteiger partial charge in [0.05, 0.1) is 11.3 Å². The Kier molecular flexibility index (Phi) is 5.68. The molecule has 4 N–H and O–H groups in total. The van der Waals surface area contributed by atoms with E-state index >= 15 is 0 Å². The van der Waals surface area contributed by atoms with Gasteiger partial charge >= 0.3 is 0 Å². The van der Waals surface area contributed by atoms with E-state index in [2.05, 4.69) is 14.9 Å². The van der Waals surface area contributed by atoms with Gasteiger partial charge in [-0.25, -0.2) is 0 Å². The quantitative estimate of drug-likeness (QED) is 0.640. The number of aromatic nitrogens is 2. The van der Waals surface area contributed by atoms with Crippen molar-refractivity contribution in [2.45, 2.75) is 25.8 Å². The summed E-state index contributed by atoms with van der Waals surface area (Å²) in [5.74, 6) is -0.457. The Hall–Kier alpha value is -2.57. The fraction of sp³-hybridized carbons (Fsp3) is 0.300. The molecular formula is C20H23ClN4O2. The number of hydrogen-bond acceptors (Lipinski definition) is 4. The monoisotopic (exact) mass is 386 g/mol. The molecule has 1 amide bonds. The number of hydrogen-bond donors (Lipinski definition) is 3. The average molecular weight is 387 g/mol. The van der Waals surface area contributed by atoms with Gasteiger partial charge in [-0.05, 0) is 55.8 Å². The van der Waals surface area contributed by atoms with E-state index in [0.717, 1.165) is 36.1 Å². The molecule has 0 radical (unpaired) electrons. The predicted molar refractivity (Wildman–Crippen MR) is 108 cm³/mol. The number of aromatic hydroxyl groups is 1. The maximum Gasteiger partial charge on any atom is 0.248 e. The second-order valence-corrected chi connectivity index (χ2v) is 6.86. The number of nitrogens with zero attached hydrogens (tertiary/aromatic N) is 2. The van der Waals surface area contributed by atoms with Crippen molar-refractivity contribution in [3.63, 3.8) is 0 Å². The smallest absolute Gasteiger partial charge is 0.248 e. The number of carbonyl (C=O) groups excluding carboxylic acids is 1. The van der Waals surface area contributed by atoms with Crippen LogP contribution in [0, 0.1) is 0 Å². The topological polar surface area (TPSA) is 95.2 Å². The van der Waals surface area contributed by atoms with Crippen LogP contribution in [0.3, 0.4) is 0 Å². The highest BCUT2D eigenvalue weighted by atomic mass is 35.5. The standard InChI is InChI=1S/C20H22N4O2.ClH/c21-19(25)14-5-7-16-15(10-14)18(20(26)23-16)17-6-4-13(11-22-17)12-24-8-2-1-3-9-24;/h4-7,10-11,23,26H,1-3,8-9,12H2,(H2,21,25);1H. The van der Waals surface area contributed by atoms with Crippen LogP contribution in [0.25, 0.3) is 22.2 Å². The summed E-state index contributed by atoms with van der Waals surface area (Å²) in [6.45, 7) is 3.18. The first-order chi connectivity index (χ1) is 12.6. The first-order valence-electron chi connectivity index (χ1n) is 8.94. The molecule has 1 saturated heterocycles. The van der Waals surface area contributed by atoms with E-state index in [-0.39, 0.29) is 18.3 Å². The highest BCUT2D eigenvalue weighted by molar-refractivity contribution is 6.03. The van der Waals surface area contributed by atoms with Gasteiger partial charge in [0.15, 0.2) is 5.88 Å². The molecule has 0 saturated carbocycles.